The average Bonchev–Trinajstić information content (AvgIpc) is 2.74. The first-order chi connectivity index (χ1) is 14.7. The zero-order valence-corrected chi connectivity index (χ0v) is 19.1. The van der Waals surface area contributed by atoms with Crippen LogP contribution in [0.3, 0.4) is 0 Å². The second-order valence-electron chi connectivity index (χ2n) is 8.58. The van der Waals surface area contributed by atoms with Gasteiger partial charge >= 0.3 is 0 Å². The van der Waals surface area contributed by atoms with Crippen molar-refractivity contribution in [2.45, 2.75) is 58.4 Å². The van der Waals surface area contributed by atoms with Gasteiger partial charge in [-0.3, -0.25) is 0 Å². The fraction of sp³-hybridized carbons (Fsp3) is 0.520. The summed E-state index contributed by atoms with van der Waals surface area (Å²) in [5.41, 5.74) is 4.31. The van der Waals surface area contributed by atoms with E-state index in [1.165, 1.54) is 11.1 Å². The third-order valence-corrected chi connectivity index (χ3v) is 5.39. The van der Waals surface area contributed by atoms with Gasteiger partial charge in [-0.1, -0.05) is 24.3 Å². The Balaban J connectivity index is 2.10. The van der Waals surface area contributed by atoms with E-state index in [4.69, 9.17) is 0 Å². The summed E-state index contributed by atoms with van der Waals surface area (Å²) in [4.78, 5) is 4.03. The zero-order chi connectivity index (χ0) is 23.0. The van der Waals surface area contributed by atoms with E-state index in [9.17, 15) is 20.4 Å². The van der Waals surface area contributed by atoms with Crippen molar-refractivity contribution < 1.29 is 20.4 Å². The van der Waals surface area contributed by atoms with Crippen molar-refractivity contribution in [2.24, 2.45) is 0 Å². The van der Waals surface area contributed by atoms with Gasteiger partial charge in [0.25, 0.3) is 0 Å². The van der Waals surface area contributed by atoms with Crippen molar-refractivity contribution in [3.8, 4) is 0 Å². The molecule has 0 heterocycles. The minimum atomic E-state index is -0.474. The highest BCUT2D eigenvalue weighted by atomic mass is 16.3. The van der Waals surface area contributed by atoms with Crippen LogP contribution in [0, 0.1) is 0 Å². The Morgan fingerprint density at radius 2 is 1.03 bits per heavy atom. The smallest absolute Gasteiger partial charge is 0.0687 e. The van der Waals surface area contributed by atoms with E-state index in [-0.39, 0.29) is 25.3 Å². The Kier molecular flexibility index (Phi) is 9.78. The molecular weight excluding hydrogens is 392 g/mol. The normalized spacial score (nSPS) is 15.2. The van der Waals surface area contributed by atoms with Gasteiger partial charge in [-0.2, -0.15) is 0 Å². The molecule has 4 unspecified atom stereocenters. The van der Waals surface area contributed by atoms with E-state index in [1.54, 1.807) is 13.8 Å². The molecule has 0 radical (unpaired) electrons. The lowest BCUT2D eigenvalue weighted by molar-refractivity contribution is 0.178. The van der Waals surface area contributed by atoms with Gasteiger partial charge in [0.2, 0.25) is 0 Å². The van der Waals surface area contributed by atoms with Crippen LogP contribution >= 0.6 is 0 Å². The number of nitrogens with zero attached hydrogens (tertiary/aromatic N) is 2. The van der Waals surface area contributed by atoms with Gasteiger partial charge in [0.1, 0.15) is 0 Å². The monoisotopic (exact) mass is 430 g/mol. The molecule has 2 aromatic rings. The van der Waals surface area contributed by atoms with Crippen molar-refractivity contribution in [1.29, 1.82) is 0 Å². The van der Waals surface area contributed by atoms with Crippen LogP contribution in [0.2, 0.25) is 0 Å². The summed E-state index contributed by atoms with van der Waals surface area (Å²) < 4.78 is 0. The van der Waals surface area contributed by atoms with Crippen LogP contribution in [0.4, 0.5) is 11.4 Å². The zero-order valence-electron chi connectivity index (χ0n) is 19.1. The standard InChI is InChI=1S/C25H38N2O4/c1-18(16-28)27(19(2)17-29)25-11-7-23(8-12-25)13-22-5-9-24(10-6-22)26(14-20(3)30)15-21(4)31/h5-12,18-21,28-31H,13-17H2,1-4H3. The van der Waals surface area contributed by atoms with Gasteiger partial charge in [-0.15, -0.1) is 0 Å². The van der Waals surface area contributed by atoms with Gasteiger partial charge in [0, 0.05) is 36.5 Å². The summed E-state index contributed by atoms with van der Waals surface area (Å²) in [5.74, 6) is 0. The largest absolute Gasteiger partial charge is 0.394 e. The topological polar surface area (TPSA) is 87.4 Å². The first-order valence-corrected chi connectivity index (χ1v) is 11.0. The predicted molar refractivity (Wildman–Crippen MR) is 127 cm³/mol. The highest BCUT2D eigenvalue weighted by Gasteiger charge is 2.19. The van der Waals surface area contributed by atoms with E-state index >= 15 is 0 Å². The Hall–Kier alpha value is -2.12. The van der Waals surface area contributed by atoms with Gasteiger partial charge in [0.15, 0.2) is 0 Å². The molecule has 4 atom stereocenters. The maximum atomic E-state index is 9.75. The number of hydrogen-bond acceptors (Lipinski definition) is 6. The van der Waals surface area contributed by atoms with Gasteiger partial charge in [0.05, 0.1) is 25.4 Å². The minimum absolute atomic E-state index is 0.0274. The lowest BCUT2D eigenvalue weighted by Crippen LogP contribution is -2.44. The summed E-state index contributed by atoms with van der Waals surface area (Å²) in [5, 5.41) is 38.6. The lowest BCUT2D eigenvalue weighted by atomic mass is 10.0. The van der Waals surface area contributed by atoms with E-state index in [2.05, 4.69) is 24.3 Å². The number of anilines is 2. The molecule has 0 aliphatic heterocycles. The molecule has 0 amide bonds. The minimum Gasteiger partial charge on any atom is -0.394 e. The molecule has 4 N–H and O–H groups in total. The van der Waals surface area contributed by atoms with E-state index in [0.29, 0.717) is 13.1 Å². The molecule has 0 saturated heterocycles. The molecule has 6 heteroatoms. The first kappa shape index (κ1) is 25.1. The number of aliphatic hydroxyl groups is 4. The van der Waals surface area contributed by atoms with Crippen LogP contribution in [-0.4, -0.2) is 71.0 Å². The van der Waals surface area contributed by atoms with Crippen LogP contribution < -0.4 is 9.80 Å². The third kappa shape index (κ3) is 7.51. The van der Waals surface area contributed by atoms with Crippen LogP contribution in [0.25, 0.3) is 0 Å². The van der Waals surface area contributed by atoms with E-state index in [1.807, 2.05) is 47.9 Å². The molecule has 2 rings (SSSR count). The molecule has 0 spiro atoms. The van der Waals surface area contributed by atoms with Crippen LogP contribution in [0.1, 0.15) is 38.8 Å². The molecule has 172 valence electrons. The van der Waals surface area contributed by atoms with Crippen molar-refractivity contribution in [2.75, 3.05) is 36.1 Å². The lowest BCUT2D eigenvalue weighted by Gasteiger charge is -2.35. The second-order valence-corrected chi connectivity index (χ2v) is 8.58. The van der Waals surface area contributed by atoms with Crippen molar-refractivity contribution in [1.82, 2.24) is 0 Å². The molecule has 6 nitrogen and oxygen atoms in total. The average molecular weight is 431 g/mol. The summed E-state index contributed by atoms with van der Waals surface area (Å²) in [6.45, 7) is 8.38. The molecule has 2 aromatic carbocycles. The SMILES string of the molecule is CC(O)CN(CC(C)O)c1ccc(Cc2ccc(N(C(C)CO)C(C)CO)cc2)cc1. The quantitative estimate of drug-likeness (QED) is 0.414. The molecule has 0 aliphatic rings. The summed E-state index contributed by atoms with van der Waals surface area (Å²) >= 11 is 0. The fourth-order valence-electron chi connectivity index (χ4n) is 3.89. The fourth-order valence-corrected chi connectivity index (χ4v) is 3.89. The van der Waals surface area contributed by atoms with Crippen molar-refractivity contribution in [3.05, 3.63) is 59.7 Å². The Morgan fingerprint density at radius 3 is 1.39 bits per heavy atom. The number of rotatable bonds is 12. The van der Waals surface area contributed by atoms with E-state index in [0.717, 1.165) is 17.8 Å². The molecular formula is C25H38N2O4. The second kappa shape index (κ2) is 12.1. The summed E-state index contributed by atoms with van der Waals surface area (Å²) in [6.07, 6.45) is -0.157. The molecule has 31 heavy (non-hydrogen) atoms. The first-order valence-electron chi connectivity index (χ1n) is 11.0. The number of aliphatic hydroxyl groups excluding tert-OH is 4. The molecule has 0 fully saturated rings. The summed E-state index contributed by atoms with van der Waals surface area (Å²) in [6, 6.07) is 16.3. The molecule has 0 aliphatic carbocycles. The van der Waals surface area contributed by atoms with Crippen LogP contribution in [0.15, 0.2) is 48.5 Å². The molecule has 0 saturated carbocycles. The molecule has 0 bridgehead atoms. The third-order valence-electron chi connectivity index (χ3n) is 5.39. The van der Waals surface area contributed by atoms with Crippen LogP contribution in [-0.2, 0) is 6.42 Å². The van der Waals surface area contributed by atoms with Crippen LogP contribution in [0.5, 0.6) is 0 Å². The van der Waals surface area contributed by atoms with Gasteiger partial charge < -0.3 is 30.2 Å². The Morgan fingerprint density at radius 1 is 0.645 bits per heavy atom. The highest BCUT2D eigenvalue weighted by Crippen LogP contribution is 2.23. The Bertz CT molecular complexity index is 742. The summed E-state index contributed by atoms with van der Waals surface area (Å²) in [7, 11) is 0. The number of hydrogen-bond donors (Lipinski definition) is 4. The highest BCUT2D eigenvalue weighted by molar-refractivity contribution is 5.51. The Labute approximate surface area is 186 Å². The van der Waals surface area contributed by atoms with E-state index < -0.39 is 12.2 Å². The molecule has 0 aromatic heterocycles. The number of benzene rings is 2. The van der Waals surface area contributed by atoms with Gasteiger partial charge in [-0.25, -0.2) is 0 Å². The van der Waals surface area contributed by atoms with Crippen molar-refractivity contribution >= 4 is 11.4 Å². The maximum absolute atomic E-state index is 9.75. The van der Waals surface area contributed by atoms with Crippen molar-refractivity contribution in [3.63, 3.8) is 0 Å². The maximum Gasteiger partial charge on any atom is 0.0687 e. The van der Waals surface area contributed by atoms with Gasteiger partial charge in [-0.05, 0) is 69.5 Å². The predicted octanol–water partition coefficient (Wildman–Crippen LogP) is 2.41.